The number of nitrogens with zero attached hydrogens (tertiary/aromatic N) is 1. The second-order valence-electron chi connectivity index (χ2n) is 5.89. The van der Waals surface area contributed by atoms with E-state index >= 15 is 0 Å². The van der Waals surface area contributed by atoms with Crippen molar-refractivity contribution in [2.75, 3.05) is 12.3 Å². The monoisotopic (exact) mass is 274 g/mol. The minimum atomic E-state index is 0.338. The number of rotatable bonds is 2. The number of hydrogen-bond donors (Lipinski definition) is 1. The Morgan fingerprint density at radius 1 is 1.21 bits per heavy atom. The summed E-state index contributed by atoms with van der Waals surface area (Å²) in [6.07, 6.45) is 5.56. The van der Waals surface area contributed by atoms with Gasteiger partial charge in [0.15, 0.2) is 5.17 Å². The Morgan fingerprint density at radius 3 is 2.58 bits per heavy atom. The molecule has 2 aliphatic rings. The third-order valence-corrected chi connectivity index (χ3v) is 5.65. The number of thioether (sulfide) groups is 1. The van der Waals surface area contributed by atoms with Gasteiger partial charge in [-0.3, -0.25) is 4.99 Å². The van der Waals surface area contributed by atoms with Crippen molar-refractivity contribution in [1.29, 1.82) is 0 Å². The zero-order chi connectivity index (χ0) is 13.1. The summed E-state index contributed by atoms with van der Waals surface area (Å²) in [6, 6.07) is 10.9. The molecule has 0 radical (unpaired) electrons. The Bertz CT molecular complexity index is 449. The Kier molecular flexibility index (Phi) is 3.83. The first-order valence-corrected chi connectivity index (χ1v) is 8.25. The van der Waals surface area contributed by atoms with Gasteiger partial charge in [-0.2, -0.15) is 0 Å². The molecule has 1 aliphatic heterocycles. The van der Waals surface area contributed by atoms with Crippen molar-refractivity contribution in [1.82, 2.24) is 5.32 Å². The van der Waals surface area contributed by atoms with E-state index in [1.54, 1.807) is 0 Å². The van der Waals surface area contributed by atoms with Gasteiger partial charge in [0, 0.05) is 12.3 Å². The van der Waals surface area contributed by atoms with Crippen LogP contribution in [-0.4, -0.2) is 17.5 Å². The number of aliphatic imine (C=N–C) groups is 1. The van der Waals surface area contributed by atoms with E-state index in [-0.39, 0.29) is 0 Å². The molecule has 1 spiro atoms. The molecule has 2 nitrogen and oxygen atoms in total. The van der Waals surface area contributed by atoms with E-state index < -0.39 is 0 Å². The van der Waals surface area contributed by atoms with E-state index in [1.807, 2.05) is 11.8 Å². The first-order chi connectivity index (χ1) is 9.27. The summed E-state index contributed by atoms with van der Waals surface area (Å²) in [4.78, 5) is 4.80. The van der Waals surface area contributed by atoms with Gasteiger partial charge in [0.25, 0.3) is 0 Å². The maximum absolute atomic E-state index is 4.80. The van der Waals surface area contributed by atoms with E-state index in [1.165, 1.54) is 37.0 Å². The van der Waals surface area contributed by atoms with Crippen LogP contribution >= 0.6 is 11.8 Å². The van der Waals surface area contributed by atoms with Crippen LogP contribution in [0.2, 0.25) is 0 Å². The highest BCUT2D eigenvalue weighted by atomic mass is 32.2. The highest BCUT2D eigenvalue weighted by molar-refractivity contribution is 8.13. The average molecular weight is 274 g/mol. The number of nitrogens with one attached hydrogen (secondary N) is 1. The van der Waals surface area contributed by atoms with Crippen LogP contribution in [0.25, 0.3) is 0 Å². The van der Waals surface area contributed by atoms with Crippen LogP contribution in [-0.2, 0) is 0 Å². The van der Waals surface area contributed by atoms with Gasteiger partial charge in [-0.05, 0) is 30.7 Å². The van der Waals surface area contributed by atoms with Crippen molar-refractivity contribution in [3.8, 4) is 0 Å². The van der Waals surface area contributed by atoms with Gasteiger partial charge in [-0.1, -0.05) is 54.9 Å². The van der Waals surface area contributed by atoms with Crippen molar-refractivity contribution in [3.05, 3.63) is 35.9 Å². The van der Waals surface area contributed by atoms with Gasteiger partial charge >= 0.3 is 0 Å². The highest BCUT2D eigenvalue weighted by Gasteiger charge is 2.36. The van der Waals surface area contributed by atoms with E-state index in [0.29, 0.717) is 11.5 Å². The number of amidine groups is 1. The first kappa shape index (κ1) is 13.0. The summed E-state index contributed by atoms with van der Waals surface area (Å²) < 4.78 is 0. The summed E-state index contributed by atoms with van der Waals surface area (Å²) in [7, 11) is 0. The molecular weight excluding hydrogens is 252 g/mol. The lowest BCUT2D eigenvalue weighted by Crippen LogP contribution is -2.34. The molecule has 1 saturated carbocycles. The van der Waals surface area contributed by atoms with Gasteiger partial charge in [0.05, 0.1) is 6.04 Å². The quantitative estimate of drug-likeness (QED) is 0.881. The molecule has 1 aliphatic carbocycles. The average Bonchev–Trinajstić information content (AvgIpc) is 2.91. The van der Waals surface area contributed by atoms with Gasteiger partial charge < -0.3 is 5.32 Å². The normalized spacial score (nSPS) is 23.1. The molecule has 0 saturated heterocycles. The Balaban J connectivity index is 1.61. The topological polar surface area (TPSA) is 24.4 Å². The van der Waals surface area contributed by atoms with E-state index in [0.717, 1.165) is 11.7 Å². The van der Waals surface area contributed by atoms with Crippen LogP contribution in [0.4, 0.5) is 0 Å². The molecule has 3 heteroatoms. The van der Waals surface area contributed by atoms with Crippen LogP contribution in [0.3, 0.4) is 0 Å². The summed E-state index contributed by atoms with van der Waals surface area (Å²) in [6.45, 7) is 3.24. The SMILES string of the molecule is CC(NC1=NCC2(CCCC2)CS1)c1ccccc1. The molecule has 102 valence electrons. The van der Waals surface area contributed by atoms with Crippen molar-refractivity contribution in [2.45, 2.75) is 38.6 Å². The lowest BCUT2D eigenvalue weighted by molar-refractivity contribution is 0.358. The fraction of sp³-hybridized carbons (Fsp3) is 0.562. The van der Waals surface area contributed by atoms with Crippen molar-refractivity contribution >= 4 is 16.9 Å². The van der Waals surface area contributed by atoms with Gasteiger partial charge in [0.1, 0.15) is 0 Å². The summed E-state index contributed by atoms with van der Waals surface area (Å²) in [5.74, 6) is 1.25. The lowest BCUT2D eigenvalue weighted by Gasteiger charge is -2.32. The molecule has 0 bridgehead atoms. The number of benzene rings is 1. The van der Waals surface area contributed by atoms with Crippen LogP contribution in [0.15, 0.2) is 35.3 Å². The lowest BCUT2D eigenvalue weighted by atomic mass is 9.89. The molecule has 1 aromatic rings. The minimum absolute atomic E-state index is 0.338. The summed E-state index contributed by atoms with van der Waals surface area (Å²) in [5.41, 5.74) is 1.86. The van der Waals surface area contributed by atoms with Gasteiger partial charge in [-0.25, -0.2) is 0 Å². The van der Waals surface area contributed by atoms with E-state index in [2.05, 4.69) is 42.6 Å². The van der Waals surface area contributed by atoms with Crippen molar-refractivity contribution in [2.24, 2.45) is 10.4 Å². The van der Waals surface area contributed by atoms with Crippen molar-refractivity contribution in [3.63, 3.8) is 0 Å². The Labute approximate surface area is 120 Å². The molecule has 0 amide bonds. The van der Waals surface area contributed by atoms with Crippen LogP contribution < -0.4 is 5.32 Å². The Morgan fingerprint density at radius 2 is 1.95 bits per heavy atom. The molecule has 1 fully saturated rings. The molecule has 1 atom stereocenters. The minimum Gasteiger partial charge on any atom is -0.358 e. The maximum Gasteiger partial charge on any atom is 0.157 e. The molecule has 1 unspecified atom stereocenters. The number of hydrogen-bond acceptors (Lipinski definition) is 3. The van der Waals surface area contributed by atoms with Crippen LogP contribution in [0.1, 0.15) is 44.2 Å². The molecule has 19 heavy (non-hydrogen) atoms. The maximum atomic E-state index is 4.80. The van der Waals surface area contributed by atoms with Crippen LogP contribution in [0, 0.1) is 5.41 Å². The second-order valence-corrected chi connectivity index (χ2v) is 6.86. The summed E-state index contributed by atoms with van der Waals surface area (Å²) >= 11 is 1.92. The third kappa shape index (κ3) is 2.97. The zero-order valence-corrected chi connectivity index (χ0v) is 12.4. The molecule has 1 aromatic carbocycles. The highest BCUT2D eigenvalue weighted by Crippen LogP contribution is 2.43. The standard InChI is InChI=1S/C16H22N2S/c1-13(14-7-3-2-4-8-14)18-15-17-11-16(12-19-15)9-5-6-10-16/h2-4,7-8,13H,5-6,9-12H2,1H3,(H,17,18). The fourth-order valence-electron chi connectivity index (χ4n) is 3.08. The van der Waals surface area contributed by atoms with Gasteiger partial charge in [0.2, 0.25) is 0 Å². The molecule has 0 aromatic heterocycles. The zero-order valence-electron chi connectivity index (χ0n) is 11.6. The first-order valence-electron chi connectivity index (χ1n) is 7.26. The summed E-state index contributed by atoms with van der Waals surface area (Å²) in [5, 5.41) is 4.69. The van der Waals surface area contributed by atoms with E-state index in [4.69, 9.17) is 4.99 Å². The molecule has 1 N–H and O–H groups in total. The predicted octanol–water partition coefficient (Wildman–Crippen LogP) is 4.00. The fourth-order valence-corrected chi connectivity index (χ4v) is 4.32. The van der Waals surface area contributed by atoms with Crippen LogP contribution in [0.5, 0.6) is 0 Å². The second kappa shape index (κ2) is 5.58. The molecule has 3 rings (SSSR count). The third-order valence-electron chi connectivity index (χ3n) is 4.38. The van der Waals surface area contributed by atoms with Gasteiger partial charge in [-0.15, -0.1) is 0 Å². The molecule has 1 heterocycles. The van der Waals surface area contributed by atoms with Crippen molar-refractivity contribution < 1.29 is 0 Å². The smallest absolute Gasteiger partial charge is 0.157 e. The Hall–Kier alpha value is -0.960. The molecular formula is C16H22N2S. The predicted molar refractivity (Wildman–Crippen MR) is 83.7 cm³/mol. The van der Waals surface area contributed by atoms with E-state index in [9.17, 15) is 0 Å². The largest absolute Gasteiger partial charge is 0.358 e.